The lowest BCUT2D eigenvalue weighted by molar-refractivity contribution is -0.123. The number of piperazine rings is 1. The van der Waals surface area contributed by atoms with Gasteiger partial charge in [-0.1, -0.05) is 12.1 Å². The Bertz CT molecular complexity index is 1050. The van der Waals surface area contributed by atoms with E-state index in [4.69, 9.17) is 4.42 Å². The largest absolute Gasteiger partial charge is 0.444 e. The average Bonchev–Trinajstić information content (AvgIpc) is 3.36. The maximum absolute atomic E-state index is 13.0. The molecule has 32 heavy (non-hydrogen) atoms. The van der Waals surface area contributed by atoms with E-state index in [0.717, 1.165) is 48.1 Å². The zero-order valence-electron chi connectivity index (χ0n) is 18.7. The zero-order chi connectivity index (χ0) is 21.9. The standard InChI is InChI=1S/C25H31N5O2/c1-29-8-10-30(11-9-29)16-18-2-4-19(5-3-18)23(31)13-25-27-14-21-7-6-20(12-22(21)28-25)24-15-26-17-32-24/h6-7,12,14-15,17-19H,2-5,8-11,13,16H2,1H3. The molecule has 0 atom stereocenters. The summed E-state index contributed by atoms with van der Waals surface area (Å²) in [6, 6.07) is 5.91. The number of oxazole rings is 1. The van der Waals surface area contributed by atoms with E-state index in [9.17, 15) is 4.79 Å². The second-order valence-electron chi connectivity index (χ2n) is 9.39. The van der Waals surface area contributed by atoms with Crippen molar-refractivity contribution in [1.82, 2.24) is 24.8 Å². The van der Waals surface area contributed by atoms with E-state index in [1.807, 2.05) is 24.4 Å². The maximum Gasteiger partial charge on any atom is 0.181 e. The van der Waals surface area contributed by atoms with Gasteiger partial charge in [-0.3, -0.25) is 4.79 Å². The van der Waals surface area contributed by atoms with Gasteiger partial charge in [0.25, 0.3) is 0 Å². The molecule has 168 valence electrons. The number of carbonyl (C=O) groups excluding carboxylic acids is 1. The number of hydrogen-bond acceptors (Lipinski definition) is 7. The Morgan fingerprint density at radius 3 is 2.66 bits per heavy atom. The number of hydrogen-bond donors (Lipinski definition) is 0. The van der Waals surface area contributed by atoms with E-state index in [1.54, 1.807) is 6.20 Å². The van der Waals surface area contributed by atoms with Gasteiger partial charge in [-0.15, -0.1) is 0 Å². The minimum Gasteiger partial charge on any atom is -0.444 e. The Hall–Kier alpha value is -2.64. The molecule has 1 saturated heterocycles. The summed E-state index contributed by atoms with van der Waals surface area (Å²) in [6.45, 7) is 5.87. The first-order chi connectivity index (χ1) is 15.6. The van der Waals surface area contributed by atoms with E-state index in [1.165, 1.54) is 39.1 Å². The molecular weight excluding hydrogens is 402 g/mol. The van der Waals surface area contributed by atoms with Crippen molar-refractivity contribution in [2.75, 3.05) is 39.8 Å². The highest BCUT2D eigenvalue weighted by atomic mass is 16.3. The third-order valence-corrected chi connectivity index (χ3v) is 7.10. The van der Waals surface area contributed by atoms with Gasteiger partial charge in [0, 0.05) is 55.8 Å². The van der Waals surface area contributed by atoms with Gasteiger partial charge >= 0.3 is 0 Å². The van der Waals surface area contributed by atoms with Gasteiger partial charge in [0.1, 0.15) is 11.6 Å². The van der Waals surface area contributed by atoms with Gasteiger partial charge in [0.2, 0.25) is 0 Å². The highest BCUT2D eigenvalue weighted by molar-refractivity contribution is 5.85. The molecule has 0 radical (unpaired) electrons. The van der Waals surface area contributed by atoms with Crippen LogP contribution >= 0.6 is 0 Å². The van der Waals surface area contributed by atoms with E-state index in [2.05, 4.69) is 31.8 Å². The first-order valence-corrected chi connectivity index (χ1v) is 11.7. The van der Waals surface area contributed by atoms with Crippen LogP contribution in [0, 0.1) is 11.8 Å². The summed E-state index contributed by atoms with van der Waals surface area (Å²) in [5.74, 6) is 2.48. The molecule has 0 amide bonds. The molecule has 1 aromatic carbocycles. The average molecular weight is 434 g/mol. The quantitative estimate of drug-likeness (QED) is 0.589. The van der Waals surface area contributed by atoms with Crippen LogP contribution in [0.2, 0.25) is 0 Å². The van der Waals surface area contributed by atoms with Gasteiger partial charge < -0.3 is 14.2 Å². The number of fused-ring (bicyclic) bond motifs is 1. The lowest BCUT2D eigenvalue weighted by atomic mass is 9.79. The van der Waals surface area contributed by atoms with Crippen LogP contribution in [0.4, 0.5) is 0 Å². The summed E-state index contributed by atoms with van der Waals surface area (Å²) in [4.78, 5) is 31.1. The summed E-state index contributed by atoms with van der Waals surface area (Å²) >= 11 is 0. The smallest absolute Gasteiger partial charge is 0.181 e. The molecule has 0 bridgehead atoms. The van der Waals surface area contributed by atoms with Crippen molar-refractivity contribution in [1.29, 1.82) is 0 Å². The Kier molecular flexibility index (Phi) is 6.28. The zero-order valence-corrected chi connectivity index (χ0v) is 18.7. The van der Waals surface area contributed by atoms with Crippen LogP contribution in [-0.2, 0) is 11.2 Å². The minimum atomic E-state index is 0.151. The predicted octanol–water partition coefficient (Wildman–Crippen LogP) is 3.45. The molecule has 2 aromatic heterocycles. The summed E-state index contributed by atoms with van der Waals surface area (Å²) in [5.41, 5.74) is 1.75. The summed E-state index contributed by atoms with van der Waals surface area (Å²) in [7, 11) is 2.20. The number of rotatable bonds is 6. The van der Waals surface area contributed by atoms with Crippen LogP contribution in [0.15, 0.2) is 41.4 Å². The first kappa shape index (κ1) is 21.2. The van der Waals surface area contributed by atoms with Gasteiger partial charge in [-0.25, -0.2) is 15.0 Å². The second-order valence-corrected chi connectivity index (χ2v) is 9.39. The molecule has 0 unspecified atom stereocenters. The van der Waals surface area contributed by atoms with Crippen LogP contribution in [0.1, 0.15) is 31.5 Å². The maximum atomic E-state index is 13.0. The predicted molar refractivity (Wildman–Crippen MR) is 123 cm³/mol. The molecule has 2 fully saturated rings. The molecule has 3 aromatic rings. The molecule has 7 heteroatoms. The van der Waals surface area contributed by atoms with Gasteiger partial charge in [-0.05, 0) is 44.7 Å². The number of ketones is 1. The fourth-order valence-electron chi connectivity index (χ4n) is 5.02. The molecule has 1 aliphatic carbocycles. The molecule has 3 heterocycles. The molecule has 5 rings (SSSR count). The topological polar surface area (TPSA) is 75.4 Å². The molecule has 0 spiro atoms. The van der Waals surface area contributed by atoms with Crippen LogP contribution in [0.3, 0.4) is 0 Å². The molecule has 1 saturated carbocycles. The number of aromatic nitrogens is 3. The molecule has 0 N–H and O–H groups in total. The first-order valence-electron chi connectivity index (χ1n) is 11.7. The van der Waals surface area contributed by atoms with Crippen LogP contribution in [-0.4, -0.2) is 70.3 Å². The van der Waals surface area contributed by atoms with Crippen molar-refractivity contribution in [3.05, 3.63) is 42.8 Å². The summed E-state index contributed by atoms with van der Waals surface area (Å²) < 4.78 is 5.39. The van der Waals surface area contributed by atoms with E-state index < -0.39 is 0 Å². The van der Waals surface area contributed by atoms with Crippen LogP contribution < -0.4 is 0 Å². The van der Waals surface area contributed by atoms with Crippen molar-refractivity contribution < 1.29 is 9.21 Å². The second kappa shape index (κ2) is 9.46. The Morgan fingerprint density at radius 2 is 1.91 bits per heavy atom. The van der Waals surface area contributed by atoms with Crippen molar-refractivity contribution in [2.24, 2.45) is 11.8 Å². The Labute approximate surface area is 188 Å². The highest BCUT2D eigenvalue weighted by Gasteiger charge is 2.28. The van der Waals surface area contributed by atoms with Gasteiger partial charge in [-0.2, -0.15) is 0 Å². The highest BCUT2D eigenvalue weighted by Crippen LogP contribution is 2.31. The lowest BCUT2D eigenvalue weighted by Gasteiger charge is -2.36. The number of benzene rings is 1. The van der Waals surface area contributed by atoms with Crippen molar-refractivity contribution in [2.45, 2.75) is 32.1 Å². The fraction of sp³-hybridized carbons (Fsp3) is 0.520. The summed E-state index contributed by atoms with van der Waals surface area (Å²) in [6.07, 6.45) is 9.54. The Balaban J connectivity index is 1.17. The molecule has 7 nitrogen and oxygen atoms in total. The van der Waals surface area contributed by atoms with Crippen LogP contribution in [0.5, 0.6) is 0 Å². The van der Waals surface area contributed by atoms with Crippen molar-refractivity contribution in [3.8, 4) is 11.3 Å². The fourth-order valence-corrected chi connectivity index (χ4v) is 5.02. The third-order valence-electron chi connectivity index (χ3n) is 7.10. The monoisotopic (exact) mass is 433 g/mol. The number of carbonyl (C=O) groups is 1. The number of nitrogens with zero attached hydrogens (tertiary/aromatic N) is 5. The molecule has 2 aliphatic rings. The minimum absolute atomic E-state index is 0.151. The number of likely N-dealkylation sites (N-methyl/N-ethyl adjacent to an activating group) is 1. The van der Waals surface area contributed by atoms with Gasteiger partial charge in [0.05, 0.1) is 18.1 Å². The van der Waals surface area contributed by atoms with Crippen molar-refractivity contribution in [3.63, 3.8) is 0 Å². The van der Waals surface area contributed by atoms with E-state index in [0.29, 0.717) is 18.0 Å². The SMILES string of the molecule is CN1CCN(CC2CCC(C(=O)Cc3ncc4ccc(-c5cnco5)cc4n3)CC2)CC1. The van der Waals surface area contributed by atoms with Crippen LogP contribution in [0.25, 0.3) is 22.2 Å². The lowest BCUT2D eigenvalue weighted by Crippen LogP contribution is -2.46. The third kappa shape index (κ3) is 4.89. The molecular formula is C25H31N5O2. The number of Topliss-reactive ketones (excluding diaryl/α,β-unsaturated/α-hetero) is 1. The normalized spacial score (nSPS) is 22.9. The van der Waals surface area contributed by atoms with E-state index in [-0.39, 0.29) is 11.7 Å². The van der Waals surface area contributed by atoms with Gasteiger partial charge in [0.15, 0.2) is 12.2 Å². The molecule has 1 aliphatic heterocycles. The van der Waals surface area contributed by atoms with E-state index >= 15 is 0 Å². The Morgan fingerprint density at radius 1 is 1.09 bits per heavy atom. The van der Waals surface area contributed by atoms with Crippen molar-refractivity contribution >= 4 is 16.7 Å². The summed E-state index contributed by atoms with van der Waals surface area (Å²) in [5, 5.41) is 0.953.